The summed E-state index contributed by atoms with van der Waals surface area (Å²) in [7, 11) is 0. The Labute approximate surface area is 189 Å². The summed E-state index contributed by atoms with van der Waals surface area (Å²) >= 11 is 0. The molecule has 0 bridgehead atoms. The van der Waals surface area contributed by atoms with Gasteiger partial charge in [0, 0.05) is 18.3 Å². The molecule has 170 valence electrons. The standard InChI is InChI=1S/C23H22N4O6/c1-3-32-23(31)22-19(13-21(30)27(26-22)18-7-5-4-6-8-18)33-14-20(29)25-17-11-9-16(10-12-17)24-15(2)28/h4-13H,3,14H2,1-2H3,(H,24,28)(H,25,29). The van der Waals surface area contributed by atoms with Gasteiger partial charge in [0.1, 0.15) is 0 Å². The number of carbonyl (C=O) groups excluding carboxylic acids is 3. The summed E-state index contributed by atoms with van der Waals surface area (Å²) in [6.45, 7) is 2.65. The van der Waals surface area contributed by atoms with Crippen LogP contribution in [0.2, 0.25) is 0 Å². The molecule has 10 heteroatoms. The van der Waals surface area contributed by atoms with E-state index in [0.29, 0.717) is 17.1 Å². The quantitative estimate of drug-likeness (QED) is 0.504. The van der Waals surface area contributed by atoms with Crippen molar-refractivity contribution >= 4 is 29.2 Å². The number of hydrogen-bond donors (Lipinski definition) is 2. The molecule has 0 fully saturated rings. The van der Waals surface area contributed by atoms with Gasteiger partial charge in [-0.15, -0.1) is 0 Å². The van der Waals surface area contributed by atoms with Crippen molar-refractivity contribution in [1.29, 1.82) is 0 Å². The van der Waals surface area contributed by atoms with Crippen LogP contribution in [0.4, 0.5) is 11.4 Å². The zero-order valence-electron chi connectivity index (χ0n) is 18.0. The van der Waals surface area contributed by atoms with Crippen molar-refractivity contribution in [2.45, 2.75) is 13.8 Å². The van der Waals surface area contributed by atoms with Crippen LogP contribution in [0, 0.1) is 0 Å². The lowest BCUT2D eigenvalue weighted by Gasteiger charge is -2.13. The van der Waals surface area contributed by atoms with Gasteiger partial charge < -0.3 is 20.1 Å². The molecule has 33 heavy (non-hydrogen) atoms. The maximum atomic E-state index is 12.6. The average molecular weight is 450 g/mol. The van der Waals surface area contributed by atoms with Crippen LogP contribution in [0.15, 0.2) is 65.5 Å². The van der Waals surface area contributed by atoms with Crippen molar-refractivity contribution in [2.75, 3.05) is 23.8 Å². The van der Waals surface area contributed by atoms with Gasteiger partial charge in [0.2, 0.25) is 11.6 Å². The molecule has 3 rings (SSSR count). The lowest BCUT2D eigenvalue weighted by Crippen LogP contribution is -2.27. The Balaban J connectivity index is 1.76. The van der Waals surface area contributed by atoms with Crippen LogP contribution in [0.3, 0.4) is 0 Å². The minimum atomic E-state index is -0.786. The highest BCUT2D eigenvalue weighted by Gasteiger charge is 2.20. The van der Waals surface area contributed by atoms with Crippen molar-refractivity contribution in [3.05, 3.63) is 76.7 Å². The van der Waals surface area contributed by atoms with Gasteiger partial charge in [0.15, 0.2) is 12.4 Å². The van der Waals surface area contributed by atoms with Crippen LogP contribution in [-0.4, -0.2) is 40.8 Å². The van der Waals surface area contributed by atoms with Crippen LogP contribution in [-0.2, 0) is 14.3 Å². The van der Waals surface area contributed by atoms with Crippen molar-refractivity contribution in [3.8, 4) is 11.4 Å². The number of anilines is 2. The van der Waals surface area contributed by atoms with Crippen molar-refractivity contribution in [1.82, 2.24) is 9.78 Å². The number of para-hydroxylation sites is 1. The van der Waals surface area contributed by atoms with E-state index in [-0.39, 0.29) is 24.0 Å². The number of ether oxygens (including phenoxy) is 2. The summed E-state index contributed by atoms with van der Waals surface area (Å²) in [6, 6.07) is 16.1. The highest BCUT2D eigenvalue weighted by molar-refractivity contribution is 5.93. The van der Waals surface area contributed by atoms with Crippen LogP contribution < -0.4 is 20.9 Å². The Morgan fingerprint density at radius 1 is 0.970 bits per heavy atom. The summed E-state index contributed by atoms with van der Waals surface area (Å²) < 4.78 is 11.5. The Bertz CT molecular complexity index is 1210. The van der Waals surface area contributed by atoms with Gasteiger partial charge in [-0.1, -0.05) is 18.2 Å². The molecule has 3 aromatic rings. The van der Waals surface area contributed by atoms with Crippen LogP contribution >= 0.6 is 0 Å². The molecule has 0 aliphatic rings. The Morgan fingerprint density at radius 3 is 2.21 bits per heavy atom. The molecular formula is C23H22N4O6. The van der Waals surface area contributed by atoms with E-state index >= 15 is 0 Å². The zero-order valence-corrected chi connectivity index (χ0v) is 18.0. The first-order chi connectivity index (χ1) is 15.9. The molecule has 0 unspecified atom stereocenters. The molecule has 1 aromatic heterocycles. The summed E-state index contributed by atoms with van der Waals surface area (Å²) in [5.41, 5.74) is 0.743. The smallest absolute Gasteiger partial charge is 0.362 e. The first-order valence-corrected chi connectivity index (χ1v) is 10.0. The van der Waals surface area contributed by atoms with E-state index in [0.717, 1.165) is 10.7 Å². The number of rotatable bonds is 8. The number of nitrogens with zero attached hydrogens (tertiary/aromatic N) is 2. The van der Waals surface area contributed by atoms with E-state index in [4.69, 9.17) is 9.47 Å². The van der Waals surface area contributed by atoms with Crippen molar-refractivity contribution in [3.63, 3.8) is 0 Å². The van der Waals surface area contributed by atoms with E-state index in [9.17, 15) is 19.2 Å². The molecule has 0 aliphatic heterocycles. The average Bonchev–Trinajstić information content (AvgIpc) is 2.79. The number of aromatic nitrogens is 2. The normalized spacial score (nSPS) is 10.2. The van der Waals surface area contributed by atoms with Gasteiger partial charge in [-0.05, 0) is 43.3 Å². The molecule has 2 aromatic carbocycles. The molecule has 0 saturated carbocycles. The molecule has 0 aliphatic carbocycles. The molecular weight excluding hydrogens is 428 g/mol. The maximum Gasteiger partial charge on any atom is 0.362 e. The third-order valence-electron chi connectivity index (χ3n) is 4.21. The Morgan fingerprint density at radius 2 is 1.61 bits per heavy atom. The number of benzene rings is 2. The summed E-state index contributed by atoms with van der Waals surface area (Å²) in [5.74, 6) is -1.68. The zero-order chi connectivity index (χ0) is 23.8. The van der Waals surface area contributed by atoms with Gasteiger partial charge in [-0.25, -0.2) is 4.79 Å². The maximum absolute atomic E-state index is 12.6. The number of nitrogens with one attached hydrogen (secondary N) is 2. The topological polar surface area (TPSA) is 129 Å². The van der Waals surface area contributed by atoms with Crippen molar-refractivity contribution in [2.24, 2.45) is 0 Å². The number of amides is 2. The molecule has 2 N–H and O–H groups in total. The minimum Gasteiger partial charge on any atom is -0.481 e. The fourth-order valence-corrected chi connectivity index (χ4v) is 2.83. The van der Waals surface area contributed by atoms with Gasteiger partial charge in [0.05, 0.1) is 18.4 Å². The molecule has 1 heterocycles. The lowest BCUT2D eigenvalue weighted by molar-refractivity contribution is -0.118. The third-order valence-corrected chi connectivity index (χ3v) is 4.21. The fraction of sp³-hybridized carbons (Fsp3) is 0.174. The molecule has 0 spiro atoms. The third kappa shape index (κ3) is 6.26. The number of esters is 1. The van der Waals surface area contributed by atoms with Crippen LogP contribution in [0.5, 0.6) is 5.75 Å². The Hall–Kier alpha value is -4.47. The largest absolute Gasteiger partial charge is 0.481 e. The van der Waals surface area contributed by atoms with Crippen LogP contribution in [0.1, 0.15) is 24.3 Å². The second-order valence-electron chi connectivity index (χ2n) is 6.76. The number of hydrogen-bond acceptors (Lipinski definition) is 7. The molecule has 0 radical (unpaired) electrons. The van der Waals surface area contributed by atoms with Gasteiger partial charge in [0.25, 0.3) is 11.5 Å². The second-order valence-corrected chi connectivity index (χ2v) is 6.76. The van der Waals surface area contributed by atoms with E-state index < -0.39 is 24.0 Å². The Kier molecular flexibility index (Phi) is 7.53. The SMILES string of the molecule is CCOC(=O)c1nn(-c2ccccc2)c(=O)cc1OCC(=O)Nc1ccc(NC(C)=O)cc1. The van der Waals surface area contributed by atoms with E-state index in [1.807, 2.05) is 0 Å². The molecule has 0 saturated heterocycles. The van der Waals surface area contributed by atoms with Gasteiger partial charge in [-0.3, -0.25) is 14.4 Å². The highest BCUT2D eigenvalue weighted by Crippen LogP contribution is 2.17. The van der Waals surface area contributed by atoms with Gasteiger partial charge >= 0.3 is 5.97 Å². The summed E-state index contributed by atoms with van der Waals surface area (Å²) in [6.07, 6.45) is 0. The minimum absolute atomic E-state index is 0.0966. The van der Waals surface area contributed by atoms with Crippen LogP contribution in [0.25, 0.3) is 5.69 Å². The first kappa shape index (κ1) is 23.2. The van der Waals surface area contributed by atoms with E-state index in [1.165, 1.54) is 6.92 Å². The van der Waals surface area contributed by atoms with Crippen molar-refractivity contribution < 1.29 is 23.9 Å². The summed E-state index contributed by atoms with van der Waals surface area (Å²) in [5, 5.41) is 9.34. The van der Waals surface area contributed by atoms with E-state index in [2.05, 4.69) is 15.7 Å². The van der Waals surface area contributed by atoms with Gasteiger partial charge in [-0.2, -0.15) is 9.78 Å². The predicted molar refractivity (Wildman–Crippen MR) is 121 cm³/mol. The number of carbonyl (C=O) groups is 3. The highest BCUT2D eigenvalue weighted by atomic mass is 16.5. The second kappa shape index (κ2) is 10.7. The fourth-order valence-electron chi connectivity index (χ4n) is 2.83. The summed E-state index contributed by atoms with van der Waals surface area (Å²) in [4.78, 5) is 48.3. The molecule has 0 atom stereocenters. The lowest BCUT2D eigenvalue weighted by atomic mass is 10.2. The monoisotopic (exact) mass is 450 g/mol. The predicted octanol–water partition coefficient (Wildman–Crippen LogP) is 2.39. The molecule has 2 amide bonds. The molecule has 10 nitrogen and oxygen atoms in total. The van der Waals surface area contributed by atoms with E-state index in [1.54, 1.807) is 61.5 Å². The first-order valence-electron chi connectivity index (χ1n) is 10.0.